The number of anilines is 2. The molecule has 1 amide bonds. The summed E-state index contributed by atoms with van der Waals surface area (Å²) in [5.74, 6) is 0.402. The Labute approximate surface area is 219 Å². The van der Waals surface area contributed by atoms with E-state index in [4.69, 9.17) is 14.5 Å². The summed E-state index contributed by atoms with van der Waals surface area (Å²) < 4.78 is 34.4. The Morgan fingerprint density at radius 2 is 1.92 bits per heavy atom. The summed E-state index contributed by atoms with van der Waals surface area (Å²) in [7, 11) is -4.79. The first-order valence-electron chi connectivity index (χ1n) is 11.5. The maximum atomic E-state index is 13.1. The number of aromatic nitrogens is 2. The summed E-state index contributed by atoms with van der Waals surface area (Å²) in [6.45, 7) is 10.2. The van der Waals surface area contributed by atoms with Gasteiger partial charge < -0.3 is 25.2 Å². The Morgan fingerprint density at radius 1 is 1.27 bits per heavy atom. The highest BCUT2D eigenvalue weighted by molar-refractivity contribution is 8.01. The minimum Gasteiger partial charge on any atom is -0.370 e. The Morgan fingerprint density at radius 3 is 2.49 bits per heavy atom. The molecule has 1 aromatic heterocycles. The summed E-state index contributed by atoms with van der Waals surface area (Å²) in [6.07, 6.45) is -1.02. The number of phosphoric ester groups is 1. The lowest BCUT2D eigenvalue weighted by Gasteiger charge is -2.21. The first kappa shape index (κ1) is 30.9. The van der Waals surface area contributed by atoms with Crippen LogP contribution >= 0.6 is 19.6 Å². The van der Waals surface area contributed by atoms with Gasteiger partial charge in [-0.05, 0) is 51.0 Å². The van der Waals surface area contributed by atoms with Gasteiger partial charge in [0.05, 0.1) is 11.5 Å². The lowest BCUT2D eigenvalue weighted by Crippen LogP contribution is -2.32. The van der Waals surface area contributed by atoms with Crippen LogP contribution in [0.4, 0.5) is 15.9 Å². The van der Waals surface area contributed by atoms with Gasteiger partial charge in [-0.25, -0.2) is 13.8 Å². The number of rotatable bonds is 9. The van der Waals surface area contributed by atoms with Crippen molar-refractivity contribution in [3.8, 4) is 0 Å². The molecule has 37 heavy (non-hydrogen) atoms. The van der Waals surface area contributed by atoms with Gasteiger partial charge in [0.2, 0.25) is 0 Å². The number of thioether (sulfide) groups is 1. The second-order valence-corrected chi connectivity index (χ2v) is 12.3. The fraction of sp³-hybridized carbons (Fsp3) is 0.522. The average Bonchev–Trinajstić information content (AvgIpc) is 3.08. The first-order valence-corrected chi connectivity index (χ1v) is 13.9. The van der Waals surface area contributed by atoms with E-state index in [1.807, 2.05) is 19.9 Å². The summed E-state index contributed by atoms with van der Waals surface area (Å²) in [4.78, 5) is 47.1. The van der Waals surface area contributed by atoms with Crippen LogP contribution in [0.1, 0.15) is 58.1 Å². The average molecular weight is 561 g/mol. The van der Waals surface area contributed by atoms with Crippen molar-refractivity contribution in [2.24, 2.45) is 5.92 Å². The number of nitrogens with zero attached hydrogens (tertiary/aromatic N) is 2. The number of ether oxygens (including phenoxy) is 1. The Bertz CT molecular complexity index is 1190. The van der Waals surface area contributed by atoms with Gasteiger partial charge in [0.25, 0.3) is 5.91 Å². The second-order valence-electron chi connectivity index (χ2n) is 9.44. The highest BCUT2D eigenvalue weighted by Gasteiger charge is 2.29. The summed E-state index contributed by atoms with van der Waals surface area (Å²) in [5.41, 5.74) is 0.456. The Balaban J connectivity index is 0.00000112. The summed E-state index contributed by atoms with van der Waals surface area (Å²) in [5, 5.41) is 5.88. The van der Waals surface area contributed by atoms with Gasteiger partial charge in [0, 0.05) is 22.3 Å². The van der Waals surface area contributed by atoms with Crippen LogP contribution in [-0.2, 0) is 13.8 Å². The van der Waals surface area contributed by atoms with Crippen LogP contribution in [0.5, 0.6) is 0 Å². The molecule has 0 saturated carbocycles. The van der Waals surface area contributed by atoms with E-state index in [1.54, 1.807) is 23.9 Å². The zero-order valence-corrected chi connectivity index (χ0v) is 23.3. The predicted molar refractivity (Wildman–Crippen MR) is 141 cm³/mol. The van der Waals surface area contributed by atoms with Gasteiger partial charge in [-0.2, -0.15) is 4.98 Å². The lowest BCUT2D eigenvalue weighted by atomic mass is 10.2. The number of nitrogens with one attached hydrogen (secondary N) is 2. The highest BCUT2D eigenvalue weighted by atomic mass is 32.2. The second kappa shape index (κ2) is 13.0. The van der Waals surface area contributed by atoms with E-state index < -0.39 is 45.0 Å². The zero-order valence-electron chi connectivity index (χ0n) is 21.6. The van der Waals surface area contributed by atoms with E-state index in [0.717, 1.165) is 21.1 Å². The summed E-state index contributed by atoms with van der Waals surface area (Å²) >= 11 is 1.65. The van der Waals surface area contributed by atoms with Crippen molar-refractivity contribution < 1.29 is 32.8 Å². The van der Waals surface area contributed by atoms with Crippen LogP contribution in [0, 0.1) is 5.92 Å². The molecule has 206 valence electrons. The molecule has 3 rings (SSSR count). The number of carbonyl (C=O) groups is 1. The first-order chi connectivity index (χ1) is 17.1. The standard InChI is InChI=1S/C19H24FN4O7PS.C4H10/c1-11(31-13(9-20)10-30-32(27,28)29)24-7-6-16(22-18(24)26)21-17(25)12-4-5-15-14(8-12)23-19(2,3)33-15;1-4(2)3/h4-8,11,13,23H,9-10H2,1-3H3,(H2,27,28,29)(H,21,22,25,26);4H,1-3H3/t11?,13-;/m0./s1. The molecular weight excluding hydrogens is 526 g/mol. The molecule has 2 heterocycles. The third-order valence-electron chi connectivity index (χ3n) is 4.50. The largest absolute Gasteiger partial charge is 0.469 e. The number of fused-ring (bicyclic) bond motifs is 1. The van der Waals surface area contributed by atoms with E-state index in [-0.39, 0.29) is 10.7 Å². The quantitative estimate of drug-likeness (QED) is 0.325. The number of carbonyl (C=O) groups excluding carboxylic acids is 1. The number of amides is 1. The molecule has 0 fully saturated rings. The van der Waals surface area contributed by atoms with Crippen molar-refractivity contribution in [3.05, 3.63) is 46.5 Å². The van der Waals surface area contributed by atoms with Gasteiger partial charge in [-0.3, -0.25) is 13.9 Å². The zero-order chi connectivity index (χ0) is 28.0. The van der Waals surface area contributed by atoms with Crippen molar-refractivity contribution in [2.75, 3.05) is 23.9 Å². The Kier molecular flexibility index (Phi) is 10.9. The van der Waals surface area contributed by atoms with Crippen molar-refractivity contribution >= 4 is 37.0 Å². The molecule has 0 bridgehead atoms. The lowest BCUT2D eigenvalue weighted by molar-refractivity contribution is -0.0743. The van der Waals surface area contributed by atoms with Gasteiger partial charge in [0.1, 0.15) is 24.8 Å². The number of hydrogen-bond donors (Lipinski definition) is 4. The summed E-state index contributed by atoms with van der Waals surface area (Å²) in [6, 6.07) is 6.62. The van der Waals surface area contributed by atoms with Gasteiger partial charge in [-0.1, -0.05) is 32.5 Å². The third kappa shape index (κ3) is 10.2. The van der Waals surface area contributed by atoms with E-state index >= 15 is 0 Å². The number of benzene rings is 1. The smallest absolute Gasteiger partial charge is 0.370 e. The van der Waals surface area contributed by atoms with Crippen molar-refractivity contribution in [1.29, 1.82) is 0 Å². The topological polar surface area (TPSA) is 152 Å². The van der Waals surface area contributed by atoms with Gasteiger partial charge >= 0.3 is 13.5 Å². The molecule has 1 aromatic carbocycles. The molecule has 1 aliphatic rings. The molecule has 1 unspecified atom stereocenters. The van der Waals surface area contributed by atoms with Gasteiger partial charge in [0.15, 0.2) is 0 Å². The number of halogens is 1. The molecule has 0 saturated heterocycles. The monoisotopic (exact) mass is 560 g/mol. The third-order valence-corrected chi connectivity index (χ3v) is 6.17. The highest BCUT2D eigenvalue weighted by Crippen LogP contribution is 2.45. The normalized spacial score (nSPS) is 15.7. The van der Waals surface area contributed by atoms with Crippen LogP contribution in [0.25, 0.3) is 0 Å². The minimum atomic E-state index is -4.79. The van der Waals surface area contributed by atoms with Crippen molar-refractivity contribution in [2.45, 2.75) is 63.6 Å². The SMILES string of the molecule is CC(C)C.CC(O[C@@H](CF)COP(=O)(O)O)n1ccc(NC(=O)c2ccc3c(c2)NC(C)(C)S3)nc1=O. The van der Waals surface area contributed by atoms with Crippen molar-refractivity contribution in [3.63, 3.8) is 0 Å². The van der Waals surface area contributed by atoms with E-state index in [0.29, 0.717) is 5.56 Å². The molecule has 0 aliphatic carbocycles. The van der Waals surface area contributed by atoms with E-state index in [2.05, 4.69) is 40.9 Å². The molecule has 2 aromatic rings. The molecule has 0 spiro atoms. The van der Waals surface area contributed by atoms with Crippen molar-refractivity contribution in [1.82, 2.24) is 9.55 Å². The molecular formula is C23H34FN4O7PS. The van der Waals surface area contributed by atoms with E-state index in [9.17, 15) is 18.5 Å². The van der Waals surface area contributed by atoms with Crippen LogP contribution in [-0.4, -0.2) is 49.5 Å². The minimum absolute atomic E-state index is 0.0171. The Hall–Kier alpha value is -2.28. The molecule has 11 nitrogen and oxygen atoms in total. The molecule has 14 heteroatoms. The van der Waals surface area contributed by atoms with E-state index in [1.165, 1.54) is 19.2 Å². The maximum Gasteiger partial charge on any atom is 0.469 e. The van der Waals surface area contributed by atoms with Crippen LogP contribution in [0.15, 0.2) is 40.2 Å². The number of hydrogen-bond acceptors (Lipinski definition) is 8. The molecule has 1 aliphatic heterocycles. The predicted octanol–water partition coefficient (Wildman–Crippen LogP) is 4.39. The van der Waals surface area contributed by atoms with Crippen LogP contribution < -0.4 is 16.3 Å². The molecule has 2 atom stereocenters. The maximum absolute atomic E-state index is 13.1. The van der Waals surface area contributed by atoms with Gasteiger partial charge in [-0.15, -0.1) is 0 Å². The van der Waals surface area contributed by atoms with Crippen LogP contribution in [0.2, 0.25) is 0 Å². The fourth-order valence-electron chi connectivity index (χ4n) is 3.07. The molecule has 0 radical (unpaired) electrons. The fourth-order valence-corrected chi connectivity index (χ4v) is 4.50. The number of alkyl halides is 1. The van der Waals surface area contributed by atoms with Crippen LogP contribution in [0.3, 0.4) is 0 Å². The number of phosphoric acid groups is 1. The molecule has 4 N–H and O–H groups in total.